The van der Waals surface area contributed by atoms with Crippen LogP contribution in [-0.4, -0.2) is 38.4 Å². The number of carbonyl (C=O) groups excluding carboxylic acids is 2. The summed E-state index contributed by atoms with van der Waals surface area (Å²) in [6.45, 7) is 1.96. The van der Waals surface area contributed by atoms with Crippen LogP contribution in [-0.2, 0) is 4.79 Å². The lowest BCUT2D eigenvalue weighted by molar-refractivity contribution is -0.118. The number of rotatable bonds is 10. The first kappa shape index (κ1) is 26.1. The van der Waals surface area contributed by atoms with Crippen molar-refractivity contribution in [2.75, 3.05) is 25.6 Å². The summed E-state index contributed by atoms with van der Waals surface area (Å²) in [6, 6.07) is 17.0. The summed E-state index contributed by atoms with van der Waals surface area (Å²) >= 11 is 9.30. The second kappa shape index (κ2) is 12.8. The molecule has 0 aliphatic carbocycles. The van der Waals surface area contributed by atoms with E-state index in [1.54, 1.807) is 54.6 Å². The molecule has 0 spiro atoms. The number of nitrogens with one attached hydrogen (secondary N) is 2. The summed E-state index contributed by atoms with van der Waals surface area (Å²) in [6.07, 6.45) is 1.47. The van der Waals surface area contributed by atoms with Crippen molar-refractivity contribution in [2.45, 2.75) is 6.92 Å². The Kier molecular flexibility index (Phi) is 9.51. The average molecular weight is 561 g/mol. The molecule has 0 aromatic heterocycles. The Balaban J connectivity index is 1.66. The van der Waals surface area contributed by atoms with E-state index >= 15 is 0 Å². The Morgan fingerprint density at radius 1 is 1.06 bits per heavy atom. The van der Waals surface area contributed by atoms with Crippen LogP contribution in [0.25, 0.3) is 0 Å². The third kappa shape index (κ3) is 7.46. The molecule has 0 bridgehead atoms. The molecule has 10 heteroatoms. The molecule has 0 aliphatic heterocycles. The highest BCUT2D eigenvalue weighted by Crippen LogP contribution is 2.36. The lowest BCUT2D eigenvalue weighted by Crippen LogP contribution is -2.21. The van der Waals surface area contributed by atoms with E-state index in [9.17, 15) is 9.59 Å². The number of benzene rings is 3. The van der Waals surface area contributed by atoms with Crippen LogP contribution in [0.15, 0.2) is 70.2 Å². The first-order valence-corrected chi connectivity index (χ1v) is 11.7. The van der Waals surface area contributed by atoms with Crippen molar-refractivity contribution >= 4 is 51.2 Å². The third-order valence-electron chi connectivity index (χ3n) is 4.55. The maximum Gasteiger partial charge on any atom is 0.271 e. The number of hydrazone groups is 1. The van der Waals surface area contributed by atoms with Crippen LogP contribution in [0.1, 0.15) is 22.8 Å². The van der Waals surface area contributed by atoms with Crippen molar-refractivity contribution in [2.24, 2.45) is 5.10 Å². The van der Waals surface area contributed by atoms with Gasteiger partial charge in [0.15, 0.2) is 18.1 Å². The smallest absolute Gasteiger partial charge is 0.271 e. The van der Waals surface area contributed by atoms with Gasteiger partial charge in [-0.05, 0) is 76.9 Å². The molecule has 0 saturated heterocycles. The summed E-state index contributed by atoms with van der Waals surface area (Å²) in [7, 11) is 1.53. The molecule has 8 nitrogen and oxygen atoms in total. The molecule has 2 amide bonds. The zero-order valence-corrected chi connectivity index (χ0v) is 21.4. The van der Waals surface area contributed by atoms with Gasteiger partial charge in [0.05, 0.1) is 30.1 Å². The third-order valence-corrected chi connectivity index (χ3v) is 5.39. The Bertz CT molecular complexity index is 1220. The van der Waals surface area contributed by atoms with E-state index in [4.69, 9.17) is 25.8 Å². The minimum Gasteiger partial charge on any atom is -0.495 e. The molecule has 0 heterocycles. The first-order chi connectivity index (χ1) is 16.9. The second-order valence-corrected chi connectivity index (χ2v) is 8.30. The Morgan fingerprint density at radius 3 is 2.51 bits per heavy atom. The molecule has 0 fully saturated rings. The zero-order valence-electron chi connectivity index (χ0n) is 19.0. The standard InChI is InChI=1S/C25H23BrClN3O5/c1-3-34-22-13-16(14-28-30-25(32)17-8-10-18(27)11-9-17)12-19(26)24(22)35-15-23(31)29-20-6-4-5-7-21(20)33-2/h4-14H,3,15H2,1-2H3,(H,29,31)(H,30,32)/b28-14+. The maximum absolute atomic E-state index is 12.4. The van der Waals surface area contributed by atoms with Crippen LogP contribution in [0.2, 0.25) is 5.02 Å². The number of hydrogen-bond acceptors (Lipinski definition) is 6. The number of para-hydroxylation sites is 2. The maximum atomic E-state index is 12.4. The van der Waals surface area contributed by atoms with Crippen molar-refractivity contribution in [3.8, 4) is 17.2 Å². The van der Waals surface area contributed by atoms with Crippen molar-refractivity contribution in [1.82, 2.24) is 5.43 Å². The van der Waals surface area contributed by atoms with Crippen molar-refractivity contribution in [3.05, 3.63) is 81.3 Å². The van der Waals surface area contributed by atoms with Gasteiger partial charge in [-0.15, -0.1) is 0 Å². The molecule has 0 unspecified atom stereocenters. The fraction of sp³-hybridized carbons (Fsp3) is 0.160. The van der Waals surface area contributed by atoms with Crippen LogP contribution in [0, 0.1) is 0 Å². The van der Waals surface area contributed by atoms with Crippen LogP contribution in [0.5, 0.6) is 17.2 Å². The number of hydrogen-bond donors (Lipinski definition) is 2. The molecule has 0 atom stereocenters. The Labute approximate surface area is 216 Å². The van der Waals surface area contributed by atoms with Gasteiger partial charge in [-0.1, -0.05) is 23.7 Å². The molecule has 0 radical (unpaired) electrons. The van der Waals surface area contributed by atoms with Gasteiger partial charge in [-0.2, -0.15) is 5.10 Å². The van der Waals surface area contributed by atoms with Gasteiger partial charge in [-0.25, -0.2) is 5.43 Å². The topological polar surface area (TPSA) is 98.3 Å². The fourth-order valence-electron chi connectivity index (χ4n) is 2.97. The molecule has 182 valence electrons. The second-order valence-electron chi connectivity index (χ2n) is 7.01. The number of halogens is 2. The monoisotopic (exact) mass is 559 g/mol. The number of amides is 2. The van der Waals surface area contributed by atoms with E-state index in [1.165, 1.54) is 13.3 Å². The van der Waals surface area contributed by atoms with Gasteiger partial charge in [-0.3, -0.25) is 9.59 Å². The SMILES string of the molecule is CCOc1cc(/C=N/NC(=O)c2ccc(Cl)cc2)cc(Br)c1OCC(=O)Nc1ccccc1OC. The molecular weight excluding hydrogens is 538 g/mol. The van der Waals surface area contributed by atoms with Gasteiger partial charge < -0.3 is 19.5 Å². The van der Waals surface area contributed by atoms with Crippen molar-refractivity contribution in [3.63, 3.8) is 0 Å². The van der Waals surface area contributed by atoms with E-state index in [1.807, 2.05) is 13.0 Å². The predicted octanol–water partition coefficient (Wildman–Crippen LogP) is 5.29. The average Bonchev–Trinajstić information content (AvgIpc) is 2.84. The summed E-state index contributed by atoms with van der Waals surface area (Å²) in [5.41, 5.74) is 4.07. The van der Waals surface area contributed by atoms with Gasteiger partial charge >= 0.3 is 0 Å². The number of methoxy groups -OCH3 is 1. The van der Waals surface area contributed by atoms with Crippen LogP contribution < -0.4 is 25.0 Å². The lowest BCUT2D eigenvalue weighted by Gasteiger charge is -2.15. The molecule has 3 aromatic rings. The van der Waals surface area contributed by atoms with E-state index in [0.29, 0.717) is 50.2 Å². The molecule has 3 rings (SSSR count). The summed E-state index contributed by atoms with van der Waals surface area (Å²) in [5.74, 6) is 0.591. The summed E-state index contributed by atoms with van der Waals surface area (Å²) in [5, 5.41) is 7.29. The van der Waals surface area contributed by atoms with E-state index in [2.05, 4.69) is 31.8 Å². The van der Waals surface area contributed by atoms with Gasteiger partial charge in [0, 0.05) is 10.6 Å². The highest BCUT2D eigenvalue weighted by molar-refractivity contribution is 9.10. The van der Waals surface area contributed by atoms with E-state index < -0.39 is 0 Å². The number of carbonyl (C=O) groups is 2. The highest BCUT2D eigenvalue weighted by Gasteiger charge is 2.15. The molecule has 35 heavy (non-hydrogen) atoms. The molecule has 2 N–H and O–H groups in total. The van der Waals surface area contributed by atoms with E-state index in [-0.39, 0.29) is 18.4 Å². The molecule has 0 saturated carbocycles. The van der Waals surface area contributed by atoms with Crippen LogP contribution in [0.4, 0.5) is 5.69 Å². The summed E-state index contributed by atoms with van der Waals surface area (Å²) < 4.78 is 17.2. The quantitative estimate of drug-likeness (QED) is 0.259. The van der Waals surface area contributed by atoms with Crippen LogP contribution >= 0.6 is 27.5 Å². The van der Waals surface area contributed by atoms with Crippen LogP contribution in [0.3, 0.4) is 0 Å². The first-order valence-electron chi connectivity index (χ1n) is 10.5. The largest absolute Gasteiger partial charge is 0.495 e. The predicted molar refractivity (Wildman–Crippen MR) is 139 cm³/mol. The minimum atomic E-state index is -0.372. The normalized spacial score (nSPS) is 10.6. The lowest BCUT2D eigenvalue weighted by atomic mass is 10.2. The van der Waals surface area contributed by atoms with E-state index in [0.717, 1.165) is 0 Å². The molecule has 0 aliphatic rings. The minimum absolute atomic E-state index is 0.249. The number of nitrogens with zero attached hydrogens (tertiary/aromatic N) is 1. The zero-order chi connectivity index (χ0) is 25.2. The highest BCUT2D eigenvalue weighted by atomic mass is 79.9. The number of anilines is 1. The van der Waals surface area contributed by atoms with Gasteiger partial charge in [0.1, 0.15) is 5.75 Å². The number of ether oxygens (including phenoxy) is 3. The van der Waals surface area contributed by atoms with Gasteiger partial charge in [0.25, 0.3) is 11.8 Å². The van der Waals surface area contributed by atoms with Gasteiger partial charge in [0.2, 0.25) is 0 Å². The summed E-state index contributed by atoms with van der Waals surface area (Å²) in [4.78, 5) is 24.6. The Hall–Kier alpha value is -3.56. The molecule has 3 aromatic carbocycles. The Morgan fingerprint density at radius 2 is 1.80 bits per heavy atom. The van der Waals surface area contributed by atoms with Crippen molar-refractivity contribution < 1.29 is 23.8 Å². The molecular formula is C25H23BrClN3O5. The van der Waals surface area contributed by atoms with Crippen molar-refractivity contribution in [1.29, 1.82) is 0 Å². The fourth-order valence-corrected chi connectivity index (χ4v) is 3.67.